The van der Waals surface area contributed by atoms with Gasteiger partial charge in [-0.15, -0.1) is 0 Å². The van der Waals surface area contributed by atoms with E-state index in [1.165, 1.54) is 25.6 Å². The number of hydrogen-bond donors (Lipinski definition) is 2. The van der Waals surface area contributed by atoms with Gasteiger partial charge in [0.1, 0.15) is 17.6 Å². The largest absolute Gasteiger partial charge is 0.467 e. The van der Waals surface area contributed by atoms with Crippen LogP contribution in [0.1, 0.15) is 17.0 Å². The van der Waals surface area contributed by atoms with Gasteiger partial charge in [-0.1, -0.05) is 0 Å². The topological polar surface area (TPSA) is 120 Å². The molecule has 160 valence electrons. The Kier molecular flexibility index (Phi) is 6.00. The summed E-state index contributed by atoms with van der Waals surface area (Å²) < 4.78 is 57.2. The number of benzene rings is 1. The quantitative estimate of drug-likeness (QED) is 0.592. The smallest absolute Gasteiger partial charge is 0.419 e. The van der Waals surface area contributed by atoms with E-state index in [9.17, 15) is 22.4 Å². The number of alkyl halides is 3. The molecule has 0 saturated carbocycles. The van der Waals surface area contributed by atoms with Gasteiger partial charge in [-0.05, 0) is 24.3 Å². The Labute approximate surface area is 172 Å². The van der Waals surface area contributed by atoms with E-state index in [1.54, 1.807) is 0 Å². The number of aromatic nitrogens is 4. The Morgan fingerprint density at radius 1 is 1.29 bits per heavy atom. The molecule has 0 fully saturated rings. The Hall–Kier alpha value is -4.21. The summed E-state index contributed by atoms with van der Waals surface area (Å²) in [5, 5.41) is 17.6. The van der Waals surface area contributed by atoms with Crippen molar-refractivity contribution < 1.29 is 27.1 Å². The number of nitriles is 1. The number of carbonyl (C=O) groups is 1. The minimum absolute atomic E-state index is 0.0315. The van der Waals surface area contributed by atoms with Gasteiger partial charge in [0.05, 0.1) is 43.0 Å². The van der Waals surface area contributed by atoms with Crippen LogP contribution in [0, 0.1) is 17.1 Å². The number of methoxy groups -OCH3 is 1. The lowest BCUT2D eigenvalue weighted by Crippen LogP contribution is -2.35. The van der Waals surface area contributed by atoms with Gasteiger partial charge in [0.15, 0.2) is 0 Å². The van der Waals surface area contributed by atoms with Crippen LogP contribution in [0.3, 0.4) is 0 Å². The van der Waals surface area contributed by atoms with Gasteiger partial charge in [-0.2, -0.15) is 23.5 Å². The number of carbonyl (C=O) groups excluding carboxylic acids is 1. The lowest BCUT2D eigenvalue weighted by Gasteiger charge is -2.22. The summed E-state index contributed by atoms with van der Waals surface area (Å²) in [4.78, 5) is 21.7. The third-order valence-electron chi connectivity index (χ3n) is 3.95. The van der Waals surface area contributed by atoms with Gasteiger partial charge in [0.25, 0.3) is 0 Å². The fraction of sp³-hybridized carbons (Fsp3) is 0.167. The second-order valence-electron chi connectivity index (χ2n) is 6.02. The summed E-state index contributed by atoms with van der Waals surface area (Å²) in [5.41, 5.74) is -1.20. The van der Waals surface area contributed by atoms with E-state index in [0.29, 0.717) is 12.1 Å². The number of urea groups is 1. The molecule has 0 radical (unpaired) electrons. The number of nitrogens with one attached hydrogen (secondary N) is 2. The van der Waals surface area contributed by atoms with Gasteiger partial charge < -0.3 is 10.1 Å². The Balaban J connectivity index is 1.90. The zero-order chi connectivity index (χ0) is 22.6. The molecule has 2 amide bonds. The molecule has 3 aromatic rings. The van der Waals surface area contributed by atoms with Crippen LogP contribution in [0.5, 0.6) is 6.01 Å². The highest BCUT2D eigenvalue weighted by Crippen LogP contribution is 2.33. The summed E-state index contributed by atoms with van der Waals surface area (Å²) in [6, 6.07) is 4.49. The molecule has 0 aliphatic rings. The summed E-state index contributed by atoms with van der Waals surface area (Å²) in [6.45, 7) is -0.174. The number of halogens is 4. The molecule has 13 heteroatoms. The van der Waals surface area contributed by atoms with E-state index in [4.69, 9.17) is 10.00 Å². The van der Waals surface area contributed by atoms with Gasteiger partial charge in [-0.3, -0.25) is 10.00 Å². The van der Waals surface area contributed by atoms with Crippen molar-refractivity contribution in [1.29, 1.82) is 5.26 Å². The zero-order valence-corrected chi connectivity index (χ0v) is 15.7. The van der Waals surface area contributed by atoms with E-state index in [2.05, 4.69) is 25.5 Å². The van der Waals surface area contributed by atoms with Gasteiger partial charge in [0, 0.05) is 5.69 Å². The predicted octanol–water partition coefficient (Wildman–Crippen LogP) is 3.48. The van der Waals surface area contributed by atoms with Crippen LogP contribution in [-0.4, -0.2) is 33.3 Å². The molecule has 0 spiro atoms. The molecule has 9 nitrogen and oxygen atoms in total. The van der Waals surface area contributed by atoms with Crippen molar-refractivity contribution in [2.75, 3.05) is 17.3 Å². The number of H-pyrrole nitrogens is 1. The maximum Gasteiger partial charge on any atom is 0.419 e. The third kappa shape index (κ3) is 5.04. The first-order valence-electron chi connectivity index (χ1n) is 8.47. The minimum Gasteiger partial charge on any atom is -0.467 e. The fourth-order valence-corrected chi connectivity index (χ4v) is 2.51. The van der Waals surface area contributed by atoms with Crippen LogP contribution in [0.15, 0.2) is 36.7 Å². The first-order valence-corrected chi connectivity index (χ1v) is 8.47. The molecular formula is C18H13F4N7O2. The average molecular weight is 435 g/mol. The number of nitrogens with zero attached hydrogens (tertiary/aromatic N) is 5. The van der Waals surface area contributed by atoms with E-state index < -0.39 is 23.6 Å². The van der Waals surface area contributed by atoms with E-state index >= 15 is 0 Å². The summed E-state index contributed by atoms with van der Waals surface area (Å²) in [7, 11) is 1.35. The van der Waals surface area contributed by atoms with E-state index in [0.717, 1.165) is 11.0 Å². The van der Waals surface area contributed by atoms with Crippen molar-refractivity contribution >= 4 is 17.4 Å². The van der Waals surface area contributed by atoms with Crippen molar-refractivity contribution in [3.05, 3.63) is 59.4 Å². The summed E-state index contributed by atoms with van der Waals surface area (Å²) in [6.07, 6.45) is -2.42. The first kappa shape index (κ1) is 21.5. The summed E-state index contributed by atoms with van der Waals surface area (Å²) in [5.74, 6) is -1.47. The fourth-order valence-electron chi connectivity index (χ4n) is 2.51. The first-order chi connectivity index (χ1) is 14.7. The molecule has 3 rings (SSSR count). The normalized spacial score (nSPS) is 11.0. The van der Waals surface area contributed by atoms with Crippen LogP contribution in [0.4, 0.5) is 33.7 Å². The second kappa shape index (κ2) is 8.66. The highest BCUT2D eigenvalue weighted by Gasteiger charge is 2.34. The molecule has 31 heavy (non-hydrogen) atoms. The monoisotopic (exact) mass is 435 g/mol. The van der Waals surface area contributed by atoms with Crippen LogP contribution in [0.2, 0.25) is 0 Å². The molecular weight excluding hydrogens is 422 g/mol. The third-order valence-corrected chi connectivity index (χ3v) is 3.95. The van der Waals surface area contributed by atoms with Crippen molar-refractivity contribution in [1.82, 2.24) is 20.2 Å². The van der Waals surface area contributed by atoms with E-state index in [1.807, 2.05) is 6.07 Å². The standard InChI is InChI=1S/C18H13F4N7O2/c1-31-16-24-7-13(8-25-16)29(9-12-4-11(6-23)27-28-12)17(30)26-10-2-3-15(19)14(5-10)18(20,21)22/h2-5,7-8H,9H2,1H3,(H,26,30)(H,27,28). The van der Waals surface area contributed by atoms with Crippen molar-refractivity contribution in [2.45, 2.75) is 12.7 Å². The van der Waals surface area contributed by atoms with Gasteiger partial charge in [0.2, 0.25) is 0 Å². The average Bonchev–Trinajstić information content (AvgIpc) is 3.20. The molecule has 2 heterocycles. The molecule has 2 aromatic heterocycles. The number of hydrogen-bond acceptors (Lipinski definition) is 6. The number of aromatic amines is 1. The van der Waals surface area contributed by atoms with E-state index in [-0.39, 0.29) is 35.3 Å². The van der Waals surface area contributed by atoms with Gasteiger partial charge in [-0.25, -0.2) is 19.2 Å². The lowest BCUT2D eigenvalue weighted by atomic mass is 10.2. The molecule has 0 unspecified atom stereocenters. The number of ether oxygens (including phenoxy) is 1. The summed E-state index contributed by atoms with van der Waals surface area (Å²) >= 11 is 0. The van der Waals surface area contributed by atoms with Crippen LogP contribution in [-0.2, 0) is 12.7 Å². The molecule has 0 aliphatic carbocycles. The molecule has 2 N–H and O–H groups in total. The molecule has 0 atom stereocenters. The molecule has 1 aromatic carbocycles. The van der Waals surface area contributed by atoms with Crippen LogP contribution in [0.25, 0.3) is 0 Å². The van der Waals surface area contributed by atoms with Gasteiger partial charge >= 0.3 is 18.2 Å². The number of amides is 2. The molecule has 0 aliphatic heterocycles. The maximum absolute atomic E-state index is 13.5. The minimum atomic E-state index is -4.93. The van der Waals surface area contributed by atoms with Crippen molar-refractivity contribution in [3.8, 4) is 12.1 Å². The highest BCUT2D eigenvalue weighted by molar-refractivity contribution is 6.01. The number of anilines is 2. The van der Waals surface area contributed by atoms with Crippen LogP contribution >= 0.6 is 0 Å². The SMILES string of the molecule is COc1ncc(N(Cc2cc(C#N)[nH]n2)C(=O)Nc2ccc(F)c(C(F)(F)F)c2)cn1. The maximum atomic E-state index is 13.5. The zero-order valence-electron chi connectivity index (χ0n) is 15.7. The van der Waals surface area contributed by atoms with Crippen molar-refractivity contribution in [2.24, 2.45) is 0 Å². The van der Waals surface area contributed by atoms with Crippen LogP contribution < -0.4 is 15.0 Å². The molecule has 0 bridgehead atoms. The molecule has 0 saturated heterocycles. The Morgan fingerprint density at radius 2 is 2.00 bits per heavy atom. The second-order valence-corrected chi connectivity index (χ2v) is 6.02. The Bertz CT molecular complexity index is 1120. The lowest BCUT2D eigenvalue weighted by molar-refractivity contribution is -0.139. The Morgan fingerprint density at radius 3 is 2.58 bits per heavy atom. The number of rotatable bonds is 5. The predicted molar refractivity (Wildman–Crippen MR) is 98.5 cm³/mol. The van der Waals surface area contributed by atoms with Crippen molar-refractivity contribution in [3.63, 3.8) is 0 Å². The highest BCUT2D eigenvalue weighted by atomic mass is 19.4.